The minimum atomic E-state index is 0.0232. The van der Waals surface area contributed by atoms with Crippen molar-refractivity contribution in [1.82, 2.24) is 0 Å². The Morgan fingerprint density at radius 1 is 1.50 bits per heavy atom. The van der Waals surface area contributed by atoms with E-state index in [1.165, 1.54) is 6.92 Å². The summed E-state index contributed by atoms with van der Waals surface area (Å²) >= 11 is 0. The summed E-state index contributed by atoms with van der Waals surface area (Å²) in [5.74, 6) is 0.664. The van der Waals surface area contributed by atoms with Gasteiger partial charge in [0.1, 0.15) is 12.4 Å². The van der Waals surface area contributed by atoms with Gasteiger partial charge in [-0.3, -0.25) is 9.59 Å². The number of hydrogen-bond acceptors (Lipinski definition) is 3. The van der Waals surface area contributed by atoms with Crippen LogP contribution < -0.4 is 4.74 Å². The minimum Gasteiger partial charge on any atom is -0.486 e. The number of aldehydes is 1. The molecule has 0 radical (unpaired) electrons. The van der Waals surface area contributed by atoms with E-state index in [-0.39, 0.29) is 12.4 Å². The number of ketones is 1. The highest BCUT2D eigenvalue weighted by Gasteiger charge is 2.03. The summed E-state index contributed by atoms with van der Waals surface area (Å²) in [6.07, 6.45) is 0.693. The van der Waals surface area contributed by atoms with Crippen molar-refractivity contribution in [2.45, 2.75) is 13.8 Å². The zero-order chi connectivity index (χ0) is 10.6. The van der Waals surface area contributed by atoms with Crippen LogP contribution in [-0.4, -0.2) is 18.7 Å². The van der Waals surface area contributed by atoms with Gasteiger partial charge in [0.15, 0.2) is 12.1 Å². The highest BCUT2D eigenvalue weighted by molar-refractivity contribution is 5.94. The zero-order valence-corrected chi connectivity index (χ0v) is 8.24. The van der Waals surface area contributed by atoms with E-state index in [4.69, 9.17) is 4.74 Å². The van der Waals surface area contributed by atoms with Gasteiger partial charge in [-0.15, -0.1) is 0 Å². The molecule has 1 aromatic carbocycles. The number of carbonyl (C=O) groups excluding carboxylic acids is 2. The molecule has 0 aliphatic rings. The van der Waals surface area contributed by atoms with Gasteiger partial charge in [-0.05, 0) is 37.6 Å². The van der Waals surface area contributed by atoms with Crippen LogP contribution in [0.5, 0.6) is 5.75 Å². The first-order valence-corrected chi connectivity index (χ1v) is 4.33. The third kappa shape index (κ3) is 2.42. The lowest BCUT2D eigenvalue weighted by atomic mass is 10.1. The van der Waals surface area contributed by atoms with Gasteiger partial charge in [0, 0.05) is 5.56 Å². The van der Waals surface area contributed by atoms with E-state index in [1.54, 1.807) is 18.2 Å². The fraction of sp³-hybridized carbons (Fsp3) is 0.273. The number of benzene rings is 1. The number of aryl methyl sites for hydroxylation is 1. The third-order valence-corrected chi connectivity index (χ3v) is 1.89. The SMILES string of the molecule is CC(=O)c1ccc(OCC=O)c(C)c1. The van der Waals surface area contributed by atoms with Gasteiger partial charge in [0.2, 0.25) is 0 Å². The summed E-state index contributed by atoms with van der Waals surface area (Å²) in [7, 11) is 0. The van der Waals surface area contributed by atoms with Crippen LogP contribution in [0.2, 0.25) is 0 Å². The molecule has 0 aromatic heterocycles. The van der Waals surface area contributed by atoms with Crippen molar-refractivity contribution in [3.05, 3.63) is 29.3 Å². The standard InChI is InChI=1S/C11H12O3/c1-8-7-10(9(2)13)3-4-11(8)14-6-5-12/h3-5,7H,6H2,1-2H3. The average molecular weight is 192 g/mol. The van der Waals surface area contributed by atoms with Gasteiger partial charge in [-0.1, -0.05) is 0 Å². The van der Waals surface area contributed by atoms with Gasteiger partial charge >= 0.3 is 0 Å². The smallest absolute Gasteiger partial charge is 0.159 e. The Morgan fingerprint density at radius 3 is 2.71 bits per heavy atom. The van der Waals surface area contributed by atoms with Crippen molar-refractivity contribution in [2.24, 2.45) is 0 Å². The van der Waals surface area contributed by atoms with Gasteiger partial charge in [0.05, 0.1) is 0 Å². The molecule has 1 aromatic rings. The third-order valence-electron chi connectivity index (χ3n) is 1.89. The summed E-state index contributed by atoms with van der Waals surface area (Å²) in [5.41, 5.74) is 1.51. The Bertz CT molecular complexity index is 356. The Kier molecular flexibility index (Phi) is 3.40. The monoisotopic (exact) mass is 192 g/mol. The highest BCUT2D eigenvalue weighted by atomic mass is 16.5. The van der Waals surface area contributed by atoms with Crippen molar-refractivity contribution in [2.75, 3.05) is 6.61 Å². The average Bonchev–Trinajstić information content (AvgIpc) is 2.15. The molecule has 0 saturated carbocycles. The van der Waals surface area contributed by atoms with E-state index in [1.807, 2.05) is 6.92 Å². The Hall–Kier alpha value is -1.64. The molecule has 0 atom stereocenters. The fourth-order valence-corrected chi connectivity index (χ4v) is 1.15. The molecule has 0 amide bonds. The first-order valence-electron chi connectivity index (χ1n) is 4.33. The van der Waals surface area contributed by atoms with E-state index in [0.717, 1.165) is 5.56 Å². The molecule has 0 bridgehead atoms. The van der Waals surface area contributed by atoms with Crippen molar-refractivity contribution in [3.63, 3.8) is 0 Å². The predicted molar refractivity (Wildman–Crippen MR) is 52.7 cm³/mol. The molecule has 0 fully saturated rings. The molecule has 0 saturated heterocycles. The molecule has 0 aliphatic carbocycles. The Labute approximate surface area is 82.7 Å². The number of hydrogen-bond donors (Lipinski definition) is 0. The summed E-state index contributed by atoms with van der Waals surface area (Å²) in [5, 5.41) is 0. The Balaban J connectivity index is 2.89. The molecule has 0 heterocycles. The second-order valence-electron chi connectivity index (χ2n) is 3.01. The number of carbonyl (C=O) groups is 2. The van der Waals surface area contributed by atoms with Gasteiger partial charge in [-0.2, -0.15) is 0 Å². The van der Waals surface area contributed by atoms with Gasteiger partial charge in [0.25, 0.3) is 0 Å². The quantitative estimate of drug-likeness (QED) is 0.539. The molecule has 0 aliphatic heterocycles. The maximum absolute atomic E-state index is 11.0. The van der Waals surface area contributed by atoms with Crippen molar-refractivity contribution in [3.8, 4) is 5.75 Å². The van der Waals surface area contributed by atoms with E-state index in [9.17, 15) is 9.59 Å². The molecule has 3 heteroatoms. The first kappa shape index (κ1) is 10.4. The number of rotatable bonds is 4. The summed E-state index contributed by atoms with van der Waals surface area (Å²) in [6, 6.07) is 5.15. The highest BCUT2D eigenvalue weighted by Crippen LogP contribution is 2.18. The predicted octanol–water partition coefficient (Wildman–Crippen LogP) is 1.78. The first-order chi connectivity index (χ1) is 6.65. The number of ether oxygens (including phenoxy) is 1. The molecular formula is C11H12O3. The lowest BCUT2D eigenvalue weighted by Crippen LogP contribution is -2.00. The lowest BCUT2D eigenvalue weighted by molar-refractivity contribution is -0.109. The van der Waals surface area contributed by atoms with Crippen LogP contribution in [0.3, 0.4) is 0 Å². The molecule has 3 nitrogen and oxygen atoms in total. The van der Waals surface area contributed by atoms with Crippen LogP contribution in [-0.2, 0) is 4.79 Å². The Morgan fingerprint density at radius 2 is 2.21 bits per heavy atom. The van der Waals surface area contributed by atoms with Crippen molar-refractivity contribution >= 4 is 12.1 Å². The molecular weight excluding hydrogens is 180 g/mol. The fourth-order valence-electron chi connectivity index (χ4n) is 1.15. The van der Waals surface area contributed by atoms with E-state index >= 15 is 0 Å². The minimum absolute atomic E-state index is 0.0232. The van der Waals surface area contributed by atoms with Crippen LogP contribution in [0.4, 0.5) is 0 Å². The summed E-state index contributed by atoms with van der Waals surface area (Å²) in [6.45, 7) is 3.40. The van der Waals surface area contributed by atoms with Gasteiger partial charge in [-0.25, -0.2) is 0 Å². The van der Waals surface area contributed by atoms with Gasteiger partial charge < -0.3 is 4.74 Å². The van der Waals surface area contributed by atoms with Crippen LogP contribution >= 0.6 is 0 Å². The van der Waals surface area contributed by atoms with Crippen molar-refractivity contribution in [1.29, 1.82) is 0 Å². The number of Topliss-reactive ketones (excluding diaryl/α,β-unsaturated/α-hetero) is 1. The maximum atomic E-state index is 11.0. The van der Waals surface area contributed by atoms with Crippen LogP contribution in [0.15, 0.2) is 18.2 Å². The topological polar surface area (TPSA) is 43.4 Å². The zero-order valence-electron chi connectivity index (χ0n) is 8.24. The summed E-state index contributed by atoms with van der Waals surface area (Å²) < 4.78 is 5.14. The van der Waals surface area contributed by atoms with Crippen LogP contribution in [0.1, 0.15) is 22.8 Å². The molecule has 0 unspecified atom stereocenters. The molecule has 14 heavy (non-hydrogen) atoms. The summed E-state index contributed by atoms with van der Waals surface area (Å²) in [4.78, 5) is 21.1. The second-order valence-corrected chi connectivity index (χ2v) is 3.01. The van der Waals surface area contributed by atoms with E-state index in [0.29, 0.717) is 17.6 Å². The maximum Gasteiger partial charge on any atom is 0.159 e. The lowest BCUT2D eigenvalue weighted by Gasteiger charge is -2.06. The van der Waals surface area contributed by atoms with Crippen LogP contribution in [0, 0.1) is 6.92 Å². The second kappa shape index (κ2) is 4.56. The normalized spacial score (nSPS) is 9.57. The molecule has 74 valence electrons. The van der Waals surface area contributed by atoms with E-state index < -0.39 is 0 Å². The van der Waals surface area contributed by atoms with Crippen LogP contribution in [0.25, 0.3) is 0 Å². The molecule has 0 spiro atoms. The molecule has 0 N–H and O–H groups in total. The van der Waals surface area contributed by atoms with E-state index in [2.05, 4.69) is 0 Å². The molecule has 1 rings (SSSR count). The van der Waals surface area contributed by atoms with Crippen molar-refractivity contribution < 1.29 is 14.3 Å². The largest absolute Gasteiger partial charge is 0.486 e.